The molecule has 0 aliphatic carbocycles. The van der Waals surface area contributed by atoms with Crippen LogP contribution in [0.15, 0.2) is 48.9 Å². The lowest BCUT2D eigenvalue weighted by Crippen LogP contribution is -2.07. The van der Waals surface area contributed by atoms with Crippen molar-refractivity contribution in [1.29, 1.82) is 0 Å². The molecule has 126 valence electrons. The monoisotopic (exact) mass is 334 g/mol. The molecular formula is C19H18N4O2. The molecule has 6 heteroatoms. The van der Waals surface area contributed by atoms with Gasteiger partial charge in [0, 0.05) is 18.6 Å². The average molecular weight is 334 g/mol. The smallest absolute Gasteiger partial charge is 0.338 e. The number of ether oxygens (including phenoxy) is 1. The van der Waals surface area contributed by atoms with Crippen molar-refractivity contribution in [3.8, 4) is 22.9 Å². The number of pyridine rings is 2. The third-order valence-corrected chi connectivity index (χ3v) is 3.63. The van der Waals surface area contributed by atoms with Crippen LogP contribution in [-0.4, -0.2) is 32.5 Å². The van der Waals surface area contributed by atoms with Gasteiger partial charge in [0.1, 0.15) is 5.69 Å². The quantitative estimate of drug-likeness (QED) is 0.666. The number of rotatable bonds is 5. The van der Waals surface area contributed by atoms with Gasteiger partial charge < -0.3 is 4.74 Å². The lowest BCUT2D eigenvalue weighted by atomic mass is 10.1. The third-order valence-electron chi connectivity index (χ3n) is 3.63. The number of nitrogens with zero attached hydrogens (tertiary/aromatic N) is 4. The van der Waals surface area contributed by atoms with Crippen LogP contribution in [0.1, 0.15) is 29.8 Å². The fraction of sp³-hybridized carbons (Fsp3) is 0.211. The minimum absolute atomic E-state index is 0.303. The summed E-state index contributed by atoms with van der Waals surface area (Å²) in [6, 6.07) is 8.98. The Labute approximate surface area is 146 Å². The maximum Gasteiger partial charge on any atom is 0.338 e. The minimum atomic E-state index is -0.407. The third kappa shape index (κ3) is 3.85. The first kappa shape index (κ1) is 16.7. The first-order valence-electron chi connectivity index (χ1n) is 8.13. The molecule has 0 saturated heterocycles. The van der Waals surface area contributed by atoms with E-state index in [4.69, 9.17) is 4.74 Å². The maximum absolute atomic E-state index is 12.2. The van der Waals surface area contributed by atoms with Gasteiger partial charge in [-0.3, -0.25) is 4.98 Å². The van der Waals surface area contributed by atoms with E-state index in [0.29, 0.717) is 35.1 Å². The van der Waals surface area contributed by atoms with Crippen molar-refractivity contribution in [3.63, 3.8) is 0 Å². The van der Waals surface area contributed by atoms with Gasteiger partial charge >= 0.3 is 5.97 Å². The lowest BCUT2D eigenvalue weighted by molar-refractivity contribution is 0.0526. The normalized spacial score (nSPS) is 10.5. The minimum Gasteiger partial charge on any atom is -0.462 e. The Morgan fingerprint density at radius 2 is 1.72 bits per heavy atom. The predicted molar refractivity (Wildman–Crippen MR) is 93.8 cm³/mol. The first-order chi connectivity index (χ1) is 12.2. The van der Waals surface area contributed by atoms with Gasteiger partial charge in [-0.2, -0.15) is 0 Å². The number of hydrogen-bond donors (Lipinski definition) is 0. The van der Waals surface area contributed by atoms with E-state index in [9.17, 15) is 4.79 Å². The van der Waals surface area contributed by atoms with E-state index >= 15 is 0 Å². The number of carbonyl (C=O) groups is 1. The van der Waals surface area contributed by atoms with Crippen molar-refractivity contribution in [2.75, 3.05) is 6.61 Å². The zero-order chi connectivity index (χ0) is 17.6. The maximum atomic E-state index is 12.2. The Balaban J connectivity index is 2.13. The summed E-state index contributed by atoms with van der Waals surface area (Å²) in [4.78, 5) is 29.6. The van der Waals surface area contributed by atoms with Crippen LogP contribution in [0.25, 0.3) is 22.9 Å². The predicted octanol–water partition coefficient (Wildman–Crippen LogP) is 3.34. The van der Waals surface area contributed by atoms with Crippen LogP contribution in [0.3, 0.4) is 0 Å². The van der Waals surface area contributed by atoms with Crippen LogP contribution in [0.5, 0.6) is 0 Å². The molecule has 3 rings (SSSR count). The van der Waals surface area contributed by atoms with Gasteiger partial charge in [0.2, 0.25) is 0 Å². The Bertz CT molecular complexity index is 882. The van der Waals surface area contributed by atoms with Crippen LogP contribution in [0, 0.1) is 0 Å². The molecule has 25 heavy (non-hydrogen) atoms. The molecule has 3 aromatic heterocycles. The molecule has 0 aliphatic heterocycles. The van der Waals surface area contributed by atoms with E-state index in [0.717, 1.165) is 12.0 Å². The van der Waals surface area contributed by atoms with Gasteiger partial charge in [-0.25, -0.2) is 19.7 Å². The van der Waals surface area contributed by atoms with Gasteiger partial charge in [-0.1, -0.05) is 6.92 Å². The molecule has 3 heterocycles. The molecule has 6 nitrogen and oxygen atoms in total. The topological polar surface area (TPSA) is 77.9 Å². The molecule has 0 spiro atoms. The fourth-order valence-electron chi connectivity index (χ4n) is 2.37. The summed E-state index contributed by atoms with van der Waals surface area (Å²) in [5.74, 6) is 0.0384. The second kappa shape index (κ2) is 7.61. The van der Waals surface area contributed by atoms with E-state index in [1.807, 2.05) is 12.1 Å². The van der Waals surface area contributed by atoms with Crippen molar-refractivity contribution in [1.82, 2.24) is 19.9 Å². The summed E-state index contributed by atoms with van der Waals surface area (Å²) in [6.07, 6.45) is 5.90. The zero-order valence-electron chi connectivity index (χ0n) is 14.1. The Kier molecular flexibility index (Phi) is 5.09. The highest BCUT2D eigenvalue weighted by atomic mass is 16.5. The number of hydrogen-bond acceptors (Lipinski definition) is 6. The molecule has 0 saturated carbocycles. The summed E-state index contributed by atoms with van der Waals surface area (Å²) in [5, 5.41) is 0. The van der Waals surface area contributed by atoms with Crippen molar-refractivity contribution in [2.45, 2.75) is 20.3 Å². The fourth-order valence-corrected chi connectivity index (χ4v) is 2.37. The molecule has 0 amide bonds. The molecule has 0 N–H and O–H groups in total. The molecule has 0 aliphatic rings. The highest BCUT2D eigenvalue weighted by Crippen LogP contribution is 2.23. The highest BCUT2D eigenvalue weighted by molar-refractivity contribution is 5.91. The zero-order valence-corrected chi connectivity index (χ0v) is 14.1. The lowest BCUT2D eigenvalue weighted by Gasteiger charge is -2.08. The molecule has 0 bridgehead atoms. The average Bonchev–Trinajstić information content (AvgIpc) is 2.68. The van der Waals surface area contributed by atoms with E-state index < -0.39 is 5.97 Å². The Morgan fingerprint density at radius 3 is 2.44 bits per heavy atom. The van der Waals surface area contributed by atoms with Crippen LogP contribution in [-0.2, 0) is 11.2 Å². The summed E-state index contributed by atoms with van der Waals surface area (Å²) < 4.78 is 5.13. The Morgan fingerprint density at radius 1 is 0.960 bits per heavy atom. The second-order valence-corrected chi connectivity index (χ2v) is 5.32. The molecular weight excluding hydrogens is 316 g/mol. The summed E-state index contributed by atoms with van der Waals surface area (Å²) in [6.45, 7) is 4.15. The van der Waals surface area contributed by atoms with Gasteiger partial charge in [0.15, 0.2) is 5.82 Å². The van der Waals surface area contributed by atoms with Gasteiger partial charge in [0.25, 0.3) is 0 Å². The molecule has 0 radical (unpaired) electrons. The van der Waals surface area contributed by atoms with Crippen molar-refractivity contribution in [3.05, 3.63) is 60.0 Å². The van der Waals surface area contributed by atoms with Crippen LogP contribution in [0.4, 0.5) is 0 Å². The first-order valence-corrected chi connectivity index (χ1v) is 8.13. The number of esters is 1. The van der Waals surface area contributed by atoms with Crippen LogP contribution in [0.2, 0.25) is 0 Å². The van der Waals surface area contributed by atoms with E-state index in [2.05, 4.69) is 26.9 Å². The Hall–Kier alpha value is -3.15. The molecule has 3 aromatic rings. The summed E-state index contributed by atoms with van der Waals surface area (Å²) >= 11 is 0. The molecule has 0 aromatic carbocycles. The second-order valence-electron chi connectivity index (χ2n) is 5.32. The van der Waals surface area contributed by atoms with Crippen molar-refractivity contribution >= 4 is 5.97 Å². The standard InChI is InChI=1S/C19H18N4O2/c1-3-13-6-9-20-15(10-13)16-11-14(19(24)25-4-2)12-17(23-16)18-21-7-5-8-22-18/h5-12H,3-4H2,1-2H3. The number of aromatic nitrogens is 4. The summed E-state index contributed by atoms with van der Waals surface area (Å²) in [5.41, 5.74) is 3.33. The summed E-state index contributed by atoms with van der Waals surface area (Å²) in [7, 11) is 0. The van der Waals surface area contributed by atoms with Crippen molar-refractivity contribution in [2.24, 2.45) is 0 Å². The van der Waals surface area contributed by atoms with Crippen LogP contribution < -0.4 is 0 Å². The molecule has 0 fully saturated rings. The molecule has 0 unspecified atom stereocenters. The van der Waals surface area contributed by atoms with Gasteiger partial charge in [-0.05, 0) is 49.2 Å². The number of carbonyl (C=O) groups excluding carboxylic acids is 1. The van der Waals surface area contributed by atoms with Crippen molar-refractivity contribution < 1.29 is 9.53 Å². The van der Waals surface area contributed by atoms with E-state index in [-0.39, 0.29) is 0 Å². The largest absolute Gasteiger partial charge is 0.462 e. The highest BCUT2D eigenvalue weighted by Gasteiger charge is 2.15. The SMILES string of the molecule is CCOC(=O)c1cc(-c2cc(CC)ccn2)nc(-c2ncccn2)c1. The van der Waals surface area contributed by atoms with Gasteiger partial charge in [0.05, 0.1) is 23.6 Å². The van der Waals surface area contributed by atoms with Crippen LogP contribution >= 0.6 is 0 Å². The molecule has 0 atom stereocenters. The number of aryl methyl sites for hydroxylation is 1. The van der Waals surface area contributed by atoms with E-state index in [1.54, 1.807) is 43.7 Å². The van der Waals surface area contributed by atoms with E-state index in [1.165, 1.54) is 0 Å². The van der Waals surface area contributed by atoms with Gasteiger partial charge in [-0.15, -0.1) is 0 Å².